The third kappa shape index (κ3) is 5.29. The van der Waals surface area contributed by atoms with Gasteiger partial charge in [0, 0.05) is 5.38 Å². The largest absolute Gasteiger partial charge is 0.308 e. The highest BCUT2D eigenvalue weighted by Gasteiger charge is 2.15. The van der Waals surface area contributed by atoms with Crippen molar-refractivity contribution in [3.8, 4) is 0 Å². The Bertz CT molecular complexity index is 323. The monoisotopic (exact) mass is 286 g/mol. The zero-order chi connectivity index (χ0) is 13.4. The van der Waals surface area contributed by atoms with Crippen LogP contribution in [0.2, 0.25) is 0 Å². The Morgan fingerprint density at radius 2 is 2.17 bits per heavy atom. The summed E-state index contributed by atoms with van der Waals surface area (Å²) in [5, 5.41) is 7.11. The maximum Gasteiger partial charge on any atom is 0.110 e. The van der Waals surface area contributed by atoms with Crippen molar-refractivity contribution in [1.82, 2.24) is 10.3 Å². The summed E-state index contributed by atoms with van der Waals surface area (Å²) in [5.74, 6) is 2.95. The van der Waals surface area contributed by atoms with E-state index in [9.17, 15) is 0 Å². The molecule has 2 nitrogen and oxygen atoms in total. The van der Waals surface area contributed by atoms with E-state index in [0.29, 0.717) is 12.0 Å². The fourth-order valence-corrected chi connectivity index (χ4v) is 3.48. The van der Waals surface area contributed by atoms with Gasteiger partial charge in [-0.15, -0.1) is 11.3 Å². The summed E-state index contributed by atoms with van der Waals surface area (Å²) in [7, 11) is 0. The minimum Gasteiger partial charge on any atom is -0.308 e. The van der Waals surface area contributed by atoms with Crippen LogP contribution in [-0.4, -0.2) is 23.0 Å². The molecule has 104 valence electrons. The van der Waals surface area contributed by atoms with Crippen LogP contribution in [0.3, 0.4) is 0 Å². The van der Waals surface area contributed by atoms with Crippen molar-refractivity contribution in [3.05, 3.63) is 16.1 Å². The minimum absolute atomic E-state index is 0.446. The Morgan fingerprint density at radius 3 is 2.72 bits per heavy atom. The number of thioether (sulfide) groups is 1. The molecule has 0 aliphatic heterocycles. The standard InChI is InChI=1S/C14H26N2S2/c1-5-8-15-12(7-9-17-6-2)14-16-13(10-18-14)11(3)4/h10-12,15H,5-9H2,1-4H3. The van der Waals surface area contributed by atoms with Gasteiger partial charge in [0.15, 0.2) is 0 Å². The first-order valence-electron chi connectivity index (χ1n) is 6.95. The van der Waals surface area contributed by atoms with Crippen LogP contribution in [-0.2, 0) is 0 Å². The summed E-state index contributed by atoms with van der Waals surface area (Å²) in [6.07, 6.45) is 2.36. The molecule has 18 heavy (non-hydrogen) atoms. The second kappa shape index (κ2) is 8.94. The van der Waals surface area contributed by atoms with Crippen LogP contribution in [0.15, 0.2) is 5.38 Å². The SMILES string of the molecule is CCCNC(CCSCC)c1nc(C(C)C)cs1. The van der Waals surface area contributed by atoms with Gasteiger partial charge in [-0.05, 0) is 36.8 Å². The summed E-state index contributed by atoms with van der Waals surface area (Å²) < 4.78 is 0. The van der Waals surface area contributed by atoms with Gasteiger partial charge in [0.25, 0.3) is 0 Å². The average Bonchev–Trinajstić information content (AvgIpc) is 2.83. The fourth-order valence-electron chi connectivity index (χ4n) is 1.70. The van der Waals surface area contributed by atoms with Crippen molar-refractivity contribution in [2.75, 3.05) is 18.1 Å². The molecule has 0 amide bonds. The molecule has 0 aliphatic rings. The summed E-state index contributed by atoms with van der Waals surface area (Å²) >= 11 is 3.83. The summed E-state index contributed by atoms with van der Waals surface area (Å²) in [6, 6.07) is 0.446. The maximum atomic E-state index is 4.79. The summed E-state index contributed by atoms with van der Waals surface area (Å²) in [6.45, 7) is 9.93. The van der Waals surface area contributed by atoms with E-state index in [1.54, 1.807) is 0 Å². The molecule has 0 radical (unpaired) electrons. The fraction of sp³-hybridized carbons (Fsp3) is 0.786. The Balaban J connectivity index is 2.61. The molecule has 1 unspecified atom stereocenters. The zero-order valence-electron chi connectivity index (χ0n) is 12.0. The number of nitrogens with zero attached hydrogens (tertiary/aromatic N) is 1. The van der Waals surface area contributed by atoms with Crippen molar-refractivity contribution in [3.63, 3.8) is 0 Å². The van der Waals surface area contributed by atoms with Crippen LogP contribution in [0.1, 0.15) is 63.2 Å². The highest BCUT2D eigenvalue weighted by atomic mass is 32.2. The lowest BCUT2D eigenvalue weighted by Gasteiger charge is -2.15. The zero-order valence-corrected chi connectivity index (χ0v) is 13.7. The molecule has 0 saturated carbocycles. The summed E-state index contributed by atoms with van der Waals surface area (Å²) in [4.78, 5) is 4.79. The van der Waals surface area contributed by atoms with Crippen molar-refractivity contribution < 1.29 is 0 Å². The van der Waals surface area contributed by atoms with Gasteiger partial charge in [-0.1, -0.05) is 27.7 Å². The Morgan fingerprint density at radius 1 is 1.39 bits per heavy atom. The molecule has 4 heteroatoms. The molecule has 1 aromatic heterocycles. The number of hydrogen-bond acceptors (Lipinski definition) is 4. The van der Waals surface area contributed by atoms with E-state index in [2.05, 4.69) is 38.4 Å². The van der Waals surface area contributed by atoms with E-state index >= 15 is 0 Å². The molecular weight excluding hydrogens is 260 g/mol. The number of thiazole rings is 1. The third-order valence-corrected chi connectivity index (χ3v) is 4.73. The Kier molecular flexibility index (Phi) is 7.95. The van der Waals surface area contributed by atoms with Crippen LogP contribution in [0, 0.1) is 0 Å². The van der Waals surface area contributed by atoms with Gasteiger partial charge >= 0.3 is 0 Å². The van der Waals surface area contributed by atoms with Gasteiger partial charge < -0.3 is 5.32 Å². The average molecular weight is 287 g/mol. The number of aromatic nitrogens is 1. The van der Waals surface area contributed by atoms with E-state index in [4.69, 9.17) is 4.98 Å². The molecule has 0 bridgehead atoms. The minimum atomic E-state index is 0.446. The van der Waals surface area contributed by atoms with Crippen molar-refractivity contribution in [2.24, 2.45) is 0 Å². The molecule has 1 atom stereocenters. The van der Waals surface area contributed by atoms with Crippen LogP contribution >= 0.6 is 23.1 Å². The lowest BCUT2D eigenvalue weighted by molar-refractivity contribution is 0.517. The molecule has 0 spiro atoms. The smallest absolute Gasteiger partial charge is 0.110 e. The molecule has 1 N–H and O–H groups in total. The highest BCUT2D eigenvalue weighted by molar-refractivity contribution is 7.99. The number of hydrogen-bond donors (Lipinski definition) is 1. The van der Waals surface area contributed by atoms with Gasteiger partial charge in [-0.2, -0.15) is 11.8 Å². The molecule has 1 aromatic rings. The van der Waals surface area contributed by atoms with Crippen LogP contribution in [0.25, 0.3) is 0 Å². The second-order valence-corrected chi connectivity index (χ2v) is 7.04. The van der Waals surface area contributed by atoms with Gasteiger partial charge in [0.05, 0.1) is 11.7 Å². The quantitative estimate of drug-likeness (QED) is 0.679. The number of nitrogens with one attached hydrogen (secondary N) is 1. The first-order chi connectivity index (χ1) is 8.69. The van der Waals surface area contributed by atoms with E-state index in [0.717, 1.165) is 6.54 Å². The Hall–Kier alpha value is -0.0600. The molecule has 0 fully saturated rings. The van der Waals surface area contributed by atoms with Gasteiger partial charge in [0.2, 0.25) is 0 Å². The van der Waals surface area contributed by atoms with Crippen molar-refractivity contribution in [1.29, 1.82) is 0 Å². The van der Waals surface area contributed by atoms with E-state index < -0.39 is 0 Å². The van der Waals surface area contributed by atoms with Crippen LogP contribution in [0.5, 0.6) is 0 Å². The van der Waals surface area contributed by atoms with E-state index in [1.807, 2.05) is 23.1 Å². The Labute approximate surface area is 120 Å². The molecule has 0 aromatic carbocycles. The lowest BCUT2D eigenvalue weighted by Crippen LogP contribution is -2.22. The van der Waals surface area contributed by atoms with Crippen LogP contribution < -0.4 is 5.32 Å². The predicted octanol–water partition coefficient (Wildman–Crippen LogP) is 4.45. The first-order valence-corrected chi connectivity index (χ1v) is 8.98. The second-order valence-electron chi connectivity index (χ2n) is 4.76. The molecule has 0 saturated heterocycles. The van der Waals surface area contributed by atoms with E-state index in [1.165, 1.54) is 35.0 Å². The van der Waals surface area contributed by atoms with Gasteiger partial charge in [0.1, 0.15) is 5.01 Å². The first kappa shape index (κ1) is 16.0. The summed E-state index contributed by atoms with van der Waals surface area (Å²) in [5.41, 5.74) is 1.24. The number of rotatable bonds is 9. The van der Waals surface area contributed by atoms with Crippen molar-refractivity contribution >= 4 is 23.1 Å². The molecular formula is C14H26N2S2. The predicted molar refractivity (Wildman–Crippen MR) is 84.9 cm³/mol. The van der Waals surface area contributed by atoms with E-state index in [-0.39, 0.29) is 0 Å². The normalized spacial score (nSPS) is 13.2. The molecule has 1 rings (SSSR count). The van der Waals surface area contributed by atoms with Gasteiger partial charge in [-0.25, -0.2) is 4.98 Å². The third-order valence-electron chi connectivity index (χ3n) is 2.83. The maximum absolute atomic E-state index is 4.79. The highest BCUT2D eigenvalue weighted by Crippen LogP contribution is 2.25. The molecule has 0 aliphatic carbocycles. The van der Waals surface area contributed by atoms with Crippen molar-refractivity contribution in [2.45, 2.75) is 52.5 Å². The lowest BCUT2D eigenvalue weighted by atomic mass is 10.1. The topological polar surface area (TPSA) is 24.9 Å². The van der Waals surface area contributed by atoms with Crippen LogP contribution in [0.4, 0.5) is 0 Å². The van der Waals surface area contributed by atoms with Gasteiger partial charge in [-0.3, -0.25) is 0 Å². The molecule has 1 heterocycles.